The monoisotopic (exact) mass is 545 g/mol. The van der Waals surface area contributed by atoms with E-state index in [-0.39, 0.29) is 6.79 Å². The molecular formula is C30H32BrN3O2. The van der Waals surface area contributed by atoms with E-state index >= 15 is 0 Å². The molecule has 0 unspecified atom stereocenters. The zero-order valence-electron chi connectivity index (χ0n) is 20.9. The van der Waals surface area contributed by atoms with Crippen molar-refractivity contribution >= 4 is 15.9 Å². The number of hydrogen-bond donors (Lipinski definition) is 0. The zero-order chi connectivity index (χ0) is 24.9. The van der Waals surface area contributed by atoms with E-state index in [2.05, 4.69) is 106 Å². The summed E-state index contributed by atoms with van der Waals surface area (Å²) in [5.41, 5.74) is 6.12. The summed E-state index contributed by atoms with van der Waals surface area (Å²) in [4.78, 5) is 7.35. The molecule has 0 radical (unpaired) electrons. The molecule has 0 atom stereocenters. The van der Waals surface area contributed by atoms with E-state index < -0.39 is 0 Å². The first-order valence-electron chi connectivity index (χ1n) is 12.6. The summed E-state index contributed by atoms with van der Waals surface area (Å²) in [5, 5.41) is 0. The lowest BCUT2D eigenvalue weighted by molar-refractivity contribution is 0.174. The standard InChI is InChI=1S/C30H32BrN3O2/c1-3-4-14-34-26(17-32-30(34)24-8-6-5-7-9-24)20-33(19-25-15-22(2)10-12-27(25)31)18-23-11-13-28-29(16-23)36-21-35-28/h5-13,15-17H,3-4,14,18-21H2,1-2H3. The van der Waals surface area contributed by atoms with Crippen LogP contribution in [0.4, 0.5) is 0 Å². The molecule has 0 bridgehead atoms. The van der Waals surface area contributed by atoms with Gasteiger partial charge in [0.2, 0.25) is 6.79 Å². The molecule has 186 valence electrons. The lowest BCUT2D eigenvalue weighted by Gasteiger charge is -2.24. The number of fused-ring (bicyclic) bond motifs is 1. The number of hydrogen-bond acceptors (Lipinski definition) is 4. The number of unbranched alkanes of at least 4 members (excludes halogenated alkanes) is 1. The van der Waals surface area contributed by atoms with Crippen LogP contribution in [0.1, 0.15) is 42.1 Å². The van der Waals surface area contributed by atoms with Crippen LogP contribution in [-0.4, -0.2) is 21.2 Å². The second-order valence-electron chi connectivity index (χ2n) is 9.37. The Balaban J connectivity index is 1.47. The van der Waals surface area contributed by atoms with Crippen molar-refractivity contribution < 1.29 is 9.47 Å². The second kappa shape index (κ2) is 11.3. The largest absolute Gasteiger partial charge is 0.454 e. The first-order chi connectivity index (χ1) is 17.6. The number of benzene rings is 3. The maximum atomic E-state index is 5.65. The average Bonchev–Trinajstić information content (AvgIpc) is 3.52. The number of aryl methyl sites for hydroxylation is 1. The minimum atomic E-state index is 0.289. The Hall–Kier alpha value is -3.09. The molecule has 0 N–H and O–H groups in total. The predicted octanol–water partition coefficient (Wildman–Crippen LogP) is 7.35. The van der Waals surface area contributed by atoms with Crippen LogP contribution in [-0.2, 0) is 26.2 Å². The van der Waals surface area contributed by atoms with Gasteiger partial charge in [0, 0.05) is 36.2 Å². The predicted molar refractivity (Wildman–Crippen MR) is 147 cm³/mol. The highest BCUT2D eigenvalue weighted by atomic mass is 79.9. The first-order valence-corrected chi connectivity index (χ1v) is 13.4. The summed E-state index contributed by atoms with van der Waals surface area (Å²) >= 11 is 3.77. The molecule has 4 aromatic rings. The van der Waals surface area contributed by atoms with E-state index in [0.717, 1.165) is 66.4 Å². The van der Waals surface area contributed by atoms with Crippen LogP contribution in [0, 0.1) is 6.92 Å². The van der Waals surface area contributed by atoms with E-state index in [0.29, 0.717) is 0 Å². The van der Waals surface area contributed by atoms with Gasteiger partial charge in [0.25, 0.3) is 0 Å². The van der Waals surface area contributed by atoms with Crippen LogP contribution in [0.3, 0.4) is 0 Å². The Morgan fingerprint density at radius 3 is 2.61 bits per heavy atom. The molecule has 1 aliphatic rings. The fraction of sp³-hybridized carbons (Fsp3) is 0.300. The third-order valence-electron chi connectivity index (χ3n) is 6.53. The summed E-state index contributed by atoms with van der Waals surface area (Å²) in [5.74, 6) is 2.68. The summed E-state index contributed by atoms with van der Waals surface area (Å²) in [6.45, 7) is 8.02. The zero-order valence-corrected chi connectivity index (χ0v) is 22.5. The highest BCUT2D eigenvalue weighted by molar-refractivity contribution is 9.10. The van der Waals surface area contributed by atoms with Crippen molar-refractivity contribution in [3.05, 3.63) is 99.8 Å². The molecule has 6 heteroatoms. The molecule has 0 spiro atoms. The fourth-order valence-electron chi connectivity index (χ4n) is 4.68. The van der Waals surface area contributed by atoms with E-state index in [1.165, 1.54) is 22.4 Å². The van der Waals surface area contributed by atoms with Gasteiger partial charge in [-0.25, -0.2) is 4.98 Å². The number of aromatic nitrogens is 2. The van der Waals surface area contributed by atoms with E-state index in [4.69, 9.17) is 14.5 Å². The third-order valence-corrected chi connectivity index (χ3v) is 7.30. The lowest BCUT2D eigenvalue weighted by Crippen LogP contribution is -2.24. The number of halogens is 1. The second-order valence-corrected chi connectivity index (χ2v) is 10.2. The van der Waals surface area contributed by atoms with Crippen LogP contribution in [0.2, 0.25) is 0 Å². The van der Waals surface area contributed by atoms with Crippen molar-refractivity contribution in [2.24, 2.45) is 0 Å². The fourth-order valence-corrected chi connectivity index (χ4v) is 5.05. The lowest BCUT2D eigenvalue weighted by atomic mass is 10.1. The van der Waals surface area contributed by atoms with Gasteiger partial charge in [0.05, 0.1) is 11.9 Å². The van der Waals surface area contributed by atoms with Gasteiger partial charge in [-0.05, 0) is 42.7 Å². The molecule has 2 heterocycles. The third kappa shape index (κ3) is 5.66. The molecular weight excluding hydrogens is 514 g/mol. The van der Waals surface area contributed by atoms with Gasteiger partial charge in [-0.15, -0.1) is 0 Å². The van der Waals surface area contributed by atoms with Crippen molar-refractivity contribution in [1.82, 2.24) is 14.5 Å². The Kier molecular flexibility index (Phi) is 7.73. The summed E-state index contributed by atoms with van der Waals surface area (Å²) in [6, 6.07) is 23.3. The quantitative estimate of drug-likeness (QED) is 0.209. The Morgan fingerprint density at radius 2 is 1.78 bits per heavy atom. The molecule has 0 aliphatic carbocycles. The molecule has 1 aromatic heterocycles. The van der Waals surface area contributed by atoms with Crippen LogP contribution in [0.15, 0.2) is 77.4 Å². The van der Waals surface area contributed by atoms with Crippen molar-refractivity contribution in [3.63, 3.8) is 0 Å². The van der Waals surface area contributed by atoms with Gasteiger partial charge in [0.15, 0.2) is 11.5 Å². The van der Waals surface area contributed by atoms with Crippen LogP contribution in [0.5, 0.6) is 11.5 Å². The summed E-state index contributed by atoms with van der Waals surface area (Å²) < 4.78 is 14.7. The minimum Gasteiger partial charge on any atom is -0.454 e. The molecule has 1 aliphatic heterocycles. The Bertz CT molecular complexity index is 1320. The highest BCUT2D eigenvalue weighted by Crippen LogP contribution is 2.33. The van der Waals surface area contributed by atoms with Crippen LogP contribution >= 0.6 is 15.9 Å². The number of rotatable bonds is 10. The molecule has 36 heavy (non-hydrogen) atoms. The van der Waals surface area contributed by atoms with E-state index in [1.807, 2.05) is 6.07 Å². The molecule has 0 saturated carbocycles. The highest BCUT2D eigenvalue weighted by Gasteiger charge is 2.19. The van der Waals surface area contributed by atoms with Crippen LogP contribution in [0.25, 0.3) is 11.4 Å². The maximum Gasteiger partial charge on any atom is 0.231 e. The summed E-state index contributed by atoms with van der Waals surface area (Å²) in [7, 11) is 0. The van der Waals surface area contributed by atoms with E-state index in [1.54, 1.807) is 0 Å². The average molecular weight is 547 g/mol. The maximum absolute atomic E-state index is 5.65. The molecule has 3 aromatic carbocycles. The Morgan fingerprint density at radius 1 is 0.944 bits per heavy atom. The minimum absolute atomic E-state index is 0.289. The van der Waals surface area contributed by atoms with Crippen molar-refractivity contribution in [2.75, 3.05) is 6.79 Å². The molecule has 5 rings (SSSR count). The number of nitrogens with zero attached hydrogens (tertiary/aromatic N) is 3. The molecule has 0 saturated heterocycles. The van der Waals surface area contributed by atoms with Gasteiger partial charge >= 0.3 is 0 Å². The number of ether oxygens (including phenoxy) is 2. The Labute approximate surface area is 221 Å². The van der Waals surface area contributed by atoms with Crippen molar-refractivity contribution in [2.45, 2.75) is 52.9 Å². The smallest absolute Gasteiger partial charge is 0.231 e. The van der Waals surface area contributed by atoms with Gasteiger partial charge in [-0.2, -0.15) is 0 Å². The van der Waals surface area contributed by atoms with Gasteiger partial charge in [0.1, 0.15) is 5.82 Å². The SMILES string of the molecule is CCCCn1c(CN(Cc2ccc3c(c2)OCO3)Cc2cc(C)ccc2Br)cnc1-c1ccccc1. The first kappa shape index (κ1) is 24.6. The van der Waals surface area contributed by atoms with Gasteiger partial charge < -0.3 is 14.0 Å². The van der Waals surface area contributed by atoms with Gasteiger partial charge in [-0.3, -0.25) is 4.90 Å². The van der Waals surface area contributed by atoms with Gasteiger partial charge in [-0.1, -0.05) is 83.4 Å². The topological polar surface area (TPSA) is 39.5 Å². The molecule has 5 nitrogen and oxygen atoms in total. The number of imidazole rings is 1. The van der Waals surface area contributed by atoms with Crippen molar-refractivity contribution in [3.8, 4) is 22.9 Å². The molecule has 0 fully saturated rings. The molecule has 0 amide bonds. The normalized spacial score (nSPS) is 12.4. The van der Waals surface area contributed by atoms with Crippen LogP contribution < -0.4 is 9.47 Å². The van der Waals surface area contributed by atoms with Crippen molar-refractivity contribution in [1.29, 1.82) is 0 Å². The summed E-state index contributed by atoms with van der Waals surface area (Å²) in [6.07, 6.45) is 4.31. The van der Waals surface area contributed by atoms with E-state index in [9.17, 15) is 0 Å².